The molecule has 0 fully saturated rings. The second kappa shape index (κ2) is 7.32. The van der Waals surface area contributed by atoms with E-state index in [0.717, 1.165) is 16.5 Å². The predicted molar refractivity (Wildman–Crippen MR) is 110 cm³/mol. The molecule has 146 valence electrons. The number of benzene rings is 2. The summed E-state index contributed by atoms with van der Waals surface area (Å²) in [6, 6.07) is 12.1. The van der Waals surface area contributed by atoms with Crippen molar-refractivity contribution in [2.45, 2.75) is 27.2 Å². The number of ether oxygens (including phenoxy) is 1. The number of hydrogen-bond acceptors (Lipinski definition) is 3. The molecule has 5 nitrogen and oxygen atoms in total. The van der Waals surface area contributed by atoms with Crippen molar-refractivity contribution in [1.82, 2.24) is 4.57 Å². The van der Waals surface area contributed by atoms with Crippen LogP contribution in [0.15, 0.2) is 42.5 Å². The molecule has 6 heteroatoms. The van der Waals surface area contributed by atoms with Crippen LogP contribution in [0.2, 0.25) is 5.02 Å². The topological polar surface area (TPSA) is 68.5 Å². The predicted octanol–water partition coefficient (Wildman–Crippen LogP) is 4.95. The summed E-state index contributed by atoms with van der Waals surface area (Å²) in [5.41, 5.74) is 1.71. The number of aryl methyl sites for hydroxylation is 1. The van der Waals surface area contributed by atoms with Crippen LogP contribution in [-0.2, 0) is 11.2 Å². The highest BCUT2D eigenvalue weighted by Crippen LogP contribution is 2.34. The van der Waals surface area contributed by atoms with Crippen molar-refractivity contribution in [3.8, 4) is 5.75 Å². The zero-order chi connectivity index (χ0) is 20.6. The number of carboxylic acids is 1. The van der Waals surface area contributed by atoms with Gasteiger partial charge in [0, 0.05) is 28.1 Å². The largest absolute Gasteiger partial charge is 0.497 e. The summed E-state index contributed by atoms with van der Waals surface area (Å²) in [6.45, 7) is 5.22. The van der Waals surface area contributed by atoms with Gasteiger partial charge in [0.25, 0.3) is 5.91 Å². The monoisotopic (exact) mass is 399 g/mol. The lowest BCUT2D eigenvalue weighted by molar-refractivity contribution is -0.146. The Bertz CT molecular complexity index is 1060. The Hall–Kier alpha value is -2.79. The Morgan fingerprint density at radius 2 is 1.79 bits per heavy atom. The van der Waals surface area contributed by atoms with E-state index in [-0.39, 0.29) is 12.3 Å². The van der Waals surface area contributed by atoms with Crippen molar-refractivity contribution in [2.75, 3.05) is 7.11 Å². The lowest BCUT2D eigenvalue weighted by Crippen LogP contribution is -2.29. The van der Waals surface area contributed by atoms with Gasteiger partial charge in [0.2, 0.25) is 0 Å². The Morgan fingerprint density at radius 3 is 2.36 bits per heavy atom. The van der Waals surface area contributed by atoms with Gasteiger partial charge in [-0.3, -0.25) is 14.2 Å². The number of halogens is 1. The first kappa shape index (κ1) is 20.0. The van der Waals surface area contributed by atoms with E-state index in [4.69, 9.17) is 16.3 Å². The average molecular weight is 400 g/mol. The number of carbonyl (C=O) groups excluding carboxylic acids is 1. The third kappa shape index (κ3) is 3.50. The van der Waals surface area contributed by atoms with Crippen LogP contribution in [0.1, 0.15) is 35.5 Å². The molecular weight excluding hydrogens is 378 g/mol. The molecule has 0 aliphatic heterocycles. The SMILES string of the molecule is COc1ccc2c(c1)c(C)c(CC(C)(C)C(=O)O)n2C(=O)c1ccc(Cl)cc1. The van der Waals surface area contributed by atoms with Crippen molar-refractivity contribution in [1.29, 1.82) is 0 Å². The highest BCUT2D eigenvalue weighted by atomic mass is 35.5. The van der Waals surface area contributed by atoms with Crippen LogP contribution < -0.4 is 4.74 Å². The number of carboxylic acid groups (broad SMARTS) is 1. The van der Waals surface area contributed by atoms with Crippen LogP contribution in [0, 0.1) is 12.3 Å². The van der Waals surface area contributed by atoms with Gasteiger partial charge in [0.15, 0.2) is 0 Å². The van der Waals surface area contributed by atoms with Crippen LogP contribution in [0.3, 0.4) is 0 Å². The minimum Gasteiger partial charge on any atom is -0.497 e. The normalized spacial score (nSPS) is 11.6. The molecule has 1 N–H and O–H groups in total. The van der Waals surface area contributed by atoms with E-state index in [0.29, 0.717) is 22.0 Å². The maximum Gasteiger partial charge on any atom is 0.309 e. The van der Waals surface area contributed by atoms with Crippen LogP contribution in [-0.4, -0.2) is 28.7 Å². The van der Waals surface area contributed by atoms with Gasteiger partial charge < -0.3 is 9.84 Å². The molecule has 28 heavy (non-hydrogen) atoms. The second-order valence-corrected chi connectivity index (χ2v) is 7.90. The molecule has 0 aliphatic carbocycles. The quantitative estimate of drug-likeness (QED) is 0.658. The summed E-state index contributed by atoms with van der Waals surface area (Å²) in [6.07, 6.45) is 0.213. The molecule has 1 heterocycles. The van der Waals surface area contributed by atoms with Crippen LogP contribution in [0.5, 0.6) is 5.75 Å². The number of rotatable bonds is 5. The van der Waals surface area contributed by atoms with Gasteiger partial charge in [-0.25, -0.2) is 0 Å². The zero-order valence-electron chi connectivity index (χ0n) is 16.2. The number of nitrogens with zero attached hydrogens (tertiary/aromatic N) is 1. The number of carbonyl (C=O) groups is 2. The number of methoxy groups -OCH3 is 1. The molecular formula is C22H22ClNO4. The third-order valence-corrected chi connectivity index (χ3v) is 5.29. The van der Waals surface area contributed by atoms with E-state index in [1.165, 1.54) is 0 Å². The molecule has 0 amide bonds. The number of hydrogen-bond donors (Lipinski definition) is 1. The first-order chi connectivity index (χ1) is 13.2. The highest BCUT2D eigenvalue weighted by Gasteiger charge is 2.32. The molecule has 0 unspecified atom stereocenters. The summed E-state index contributed by atoms with van der Waals surface area (Å²) in [4.78, 5) is 25.1. The fraction of sp³-hybridized carbons (Fsp3) is 0.273. The Kier molecular flexibility index (Phi) is 5.22. The molecule has 0 atom stereocenters. The van der Waals surface area contributed by atoms with Gasteiger partial charge in [-0.15, -0.1) is 0 Å². The average Bonchev–Trinajstić information content (AvgIpc) is 2.92. The smallest absolute Gasteiger partial charge is 0.309 e. The van der Waals surface area contributed by atoms with E-state index < -0.39 is 11.4 Å². The van der Waals surface area contributed by atoms with Crippen molar-refractivity contribution in [3.63, 3.8) is 0 Å². The summed E-state index contributed by atoms with van der Waals surface area (Å²) < 4.78 is 6.93. The molecule has 0 radical (unpaired) electrons. The standard InChI is InChI=1S/C22H22ClNO4/c1-13-17-11-16(28-4)9-10-18(17)24(19(13)12-22(2,3)21(26)27)20(25)14-5-7-15(23)8-6-14/h5-11H,12H2,1-4H3,(H,26,27). The van der Waals surface area contributed by atoms with E-state index in [1.54, 1.807) is 55.9 Å². The highest BCUT2D eigenvalue weighted by molar-refractivity contribution is 6.30. The van der Waals surface area contributed by atoms with Crippen molar-refractivity contribution in [2.24, 2.45) is 5.41 Å². The van der Waals surface area contributed by atoms with Gasteiger partial charge in [0.05, 0.1) is 18.0 Å². The molecule has 0 bridgehead atoms. The fourth-order valence-corrected chi connectivity index (χ4v) is 3.39. The maximum atomic E-state index is 13.4. The Labute approximate surface area is 168 Å². The minimum absolute atomic E-state index is 0.213. The molecule has 0 saturated carbocycles. The molecule has 0 saturated heterocycles. The molecule has 0 aliphatic rings. The molecule has 0 spiro atoms. The van der Waals surface area contributed by atoms with Gasteiger partial charge >= 0.3 is 5.97 Å². The fourth-order valence-electron chi connectivity index (χ4n) is 3.27. The Balaban J connectivity index is 2.26. The number of aliphatic carboxylic acids is 1. The van der Waals surface area contributed by atoms with Crippen LogP contribution in [0.25, 0.3) is 10.9 Å². The van der Waals surface area contributed by atoms with Gasteiger partial charge in [0.1, 0.15) is 5.75 Å². The number of fused-ring (bicyclic) bond motifs is 1. The molecule has 1 aromatic heterocycles. The minimum atomic E-state index is -1.03. The maximum absolute atomic E-state index is 13.4. The zero-order valence-corrected chi connectivity index (χ0v) is 17.0. The first-order valence-corrected chi connectivity index (χ1v) is 9.25. The summed E-state index contributed by atoms with van der Waals surface area (Å²) in [7, 11) is 1.58. The van der Waals surface area contributed by atoms with Crippen molar-refractivity contribution >= 4 is 34.4 Å². The van der Waals surface area contributed by atoms with Crippen molar-refractivity contribution < 1.29 is 19.4 Å². The van der Waals surface area contributed by atoms with Crippen LogP contribution >= 0.6 is 11.6 Å². The summed E-state index contributed by atoms with van der Waals surface area (Å²) >= 11 is 5.95. The van der Waals surface area contributed by atoms with Gasteiger partial charge in [-0.2, -0.15) is 0 Å². The summed E-state index contributed by atoms with van der Waals surface area (Å²) in [5.74, 6) is -0.466. The second-order valence-electron chi connectivity index (χ2n) is 7.47. The van der Waals surface area contributed by atoms with E-state index in [9.17, 15) is 14.7 Å². The van der Waals surface area contributed by atoms with Crippen LogP contribution in [0.4, 0.5) is 0 Å². The Morgan fingerprint density at radius 1 is 1.14 bits per heavy atom. The van der Waals surface area contributed by atoms with E-state index in [2.05, 4.69) is 0 Å². The lowest BCUT2D eigenvalue weighted by atomic mass is 9.87. The lowest BCUT2D eigenvalue weighted by Gasteiger charge is -2.21. The van der Waals surface area contributed by atoms with Gasteiger partial charge in [-0.05, 0) is 68.8 Å². The number of aromatic nitrogens is 1. The van der Waals surface area contributed by atoms with E-state index in [1.807, 2.05) is 19.1 Å². The molecule has 3 aromatic rings. The molecule has 3 rings (SSSR count). The van der Waals surface area contributed by atoms with E-state index >= 15 is 0 Å². The third-order valence-electron chi connectivity index (χ3n) is 5.03. The van der Waals surface area contributed by atoms with Crippen molar-refractivity contribution in [3.05, 3.63) is 64.3 Å². The molecule has 2 aromatic carbocycles. The first-order valence-electron chi connectivity index (χ1n) is 8.87. The summed E-state index contributed by atoms with van der Waals surface area (Å²) in [5, 5.41) is 11.0. The van der Waals surface area contributed by atoms with Gasteiger partial charge in [-0.1, -0.05) is 11.6 Å².